The molecule has 0 saturated carbocycles. The number of nitrogens with one attached hydrogen (secondary N) is 1. The van der Waals surface area contributed by atoms with Crippen molar-refractivity contribution in [3.05, 3.63) is 82.4 Å². The van der Waals surface area contributed by atoms with Gasteiger partial charge in [-0.15, -0.1) is 0 Å². The Labute approximate surface area is 181 Å². The molecule has 3 aromatic rings. The van der Waals surface area contributed by atoms with Crippen LogP contribution >= 0.6 is 11.6 Å². The number of carbonyl (C=O) groups excluding carboxylic acids is 2. The minimum Gasteiger partial charge on any atom is -0.507 e. The summed E-state index contributed by atoms with van der Waals surface area (Å²) >= 11 is 6.04. The highest BCUT2D eigenvalue weighted by Crippen LogP contribution is 2.33. The number of aromatic hydroxyl groups is 1. The van der Waals surface area contributed by atoms with Crippen LogP contribution in [0.15, 0.2) is 65.8 Å². The summed E-state index contributed by atoms with van der Waals surface area (Å²) in [6.07, 6.45) is 1.28. The van der Waals surface area contributed by atoms with Crippen LogP contribution in [-0.2, 0) is 0 Å². The first kappa shape index (κ1) is 20.2. The normalized spacial score (nSPS) is 12.0. The van der Waals surface area contributed by atoms with Gasteiger partial charge in [-0.25, -0.2) is 10.2 Å². The van der Waals surface area contributed by atoms with Crippen molar-refractivity contribution < 1.29 is 28.9 Å². The van der Waals surface area contributed by atoms with Gasteiger partial charge in [0.1, 0.15) is 11.5 Å². The smallest absolute Gasteiger partial charge is 0.343 e. The van der Waals surface area contributed by atoms with Crippen LogP contribution in [-0.4, -0.2) is 30.0 Å². The molecule has 31 heavy (non-hydrogen) atoms. The fourth-order valence-corrected chi connectivity index (χ4v) is 2.96. The summed E-state index contributed by atoms with van der Waals surface area (Å²) in [6.45, 7) is 0.0953. The number of amides is 1. The summed E-state index contributed by atoms with van der Waals surface area (Å²) < 4.78 is 16.0. The standard InChI is InChI=1S/C22H15ClN2O6/c23-15-6-8-18(31-22(28)13-5-7-19-20(10-13)30-12-29-19)14(9-15)11-24-25-21(27)16-3-1-2-4-17(16)26/h1-11,26H,12H2,(H,25,27)/b24-11-. The molecule has 0 aliphatic carbocycles. The Morgan fingerprint density at radius 1 is 1.06 bits per heavy atom. The fourth-order valence-electron chi connectivity index (χ4n) is 2.78. The fraction of sp³-hybridized carbons (Fsp3) is 0.0455. The second-order valence-electron chi connectivity index (χ2n) is 6.36. The Bertz CT molecular complexity index is 1190. The molecular formula is C22H15ClN2O6. The average molecular weight is 439 g/mol. The molecule has 9 heteroatoms. The van der Waals surface area contributed by atoms with Crippen molar-refractivity contribution in [2.24, 2.45) is 5.10 Å². The highest BCUT2D eigenvalue weighted by atomic mass is 35.5. The van der Waals surface area contributed by atoms with Crippen molar-refractivity contribution in [1.29, 1.82) is 0 Å². The lowest BCUT2D eigenvalue weighted by Gasteiger charge is -2.08. The molecule has 1 amide bonds. The maximum absolute atomic E-state index is 12.6. The molecule has 2 N–H and O–H groups in total. The van der Waals surface area contributed by atoms with E-state index in [9.17, 15) is 14.7 Å². The molecule has 0 bridgehead atoms. The van der Waals surface area contributed by atoms with E-state index in [-0.39, 0.29) is 29.4 Å². The minimum atomic E-state index is -0.617. The number of halogens is 1. The maximum atomic E-state index is 12.6. The van der Waals surface area contributed by atoms with E-state index in [0.29, 0.717) is 22.1 Å². The molecule has 4 rings (SSSR count). The number of rotatable bonds is 5. The van der Waals surface area contributed by atoms with Crippen LogP contribution in [0.4, 0.5) is 0 Å². The summed E-state index contributed by atoms with van der Waals surface area (Å²) in [4.78, 5) is 24.7. The number of para-hydroxylation sites is 1. The minimum absolute atomic E-state index is 0.0696. The van der Waals surface area contributed by atoms with Crippen molar-refractivity contribution in [3.8, 4) is 23.0 Å². The van der Waals surface area contributed by atoms with Gasteiger partial charge < -0.3 is 19.3 Å². The van der Waals surface area contributed by atoms with Gasteiger partial charge in [0, 0.05) is 10.6 Å². The van der Waals surface area contributed by atoms with Crippen LogP contribution < -0.4 is 19.6 Å². The van der Waals surface area contributed by atoms with Crippen molar-refractivity contribution >= 4 is 29.7 Å². The third-order valence-corrected chi connectivity index (χ3v) is 4.54. The molecule has 0 fully saturated rings. The number of nitrogens with zero attached hydrogens (tertiary/aromatic N) is 1. The molecule has 0 saturated heterocycles. The Hall–Kier alpha value is -4.04. The Balaban J connectivity index is 1.49. The quantitative estimate of drug-likeness (QED) is 0.272. The molecule has 3 aromatic carbocycles. The van der Waals surface area contributed by atoms with Crippen LogP contribution in [0.5, 0.6) is 23.0 Å². The number of carbonyl (C=O) groups is 2. The first-order chi connectivity index (χ1) is 15.0. The number of hydrogen-bond acceptors (Lipinski definition) is 7. The summed E-state index contributed by atoms with van der Waals surface area (Å²) in [6, 6.07) is 15.4. The van der Waals surface area contributed by atoms with Gasteiger partial charge in [-0.1, -0.05) is 23.7 Å². The first-order valence-electron chi connectivity index (χ1n) is 9.04. The van der Waals surface area contributed by atoms with Crippen LogP contribution in [0.1, 0.15) is 26.3 Å². The van der Waals surface area contributed by atoms with Crippen molar-refractivity contribution in [1.82, 2.24) is 5.43 Å². The van der Waals surface area contributed by atoms with E-state index in [1.54, 1.807) is 30.3 Å². The molecule has 0 radical (unpaired) electrons. The van der Waals surface area contributed by atoms with Gasteiger partial charge in [0.05, 0.1) is 17.3 Å². The third-order valence-electron chi connectivity index (χ3n) is 4.30. The number of ether oxygens (including phenoxy) is 3. The summed E-state index contributed by atoms with van der Waals surface area (Å²) in [5.41, 5.74) is 3.01. The first-order valence-corrected chi connectivity index (χ1v) is 9.42. The maximum Gasteiger partial charge on any atom is 0.343 e. The highest BCUT2D eigenvalue weighted by molar-refractivity contribution is 6.31. The van der Waals surface area contributed by atoms with Gasteiger partial charge in [-0.05, 0) is 48.5 Å². The molecule has 1 heterocycles. The number of fused-ring (bicyclic) bond motifs is 1. The van der Waals surface area contributed by atoms with E-state index in [1.807, 2.05) is 0 Å². The number of esters is 1. The summed E-state index contributed by atoms with van der Waals surface area (Å²) in [7, 11) is 0. The Morgan fingerprint density at radius 3 is 2.71 bits per heavy atom. The lowest BCUT2D eigenvalue weighted by Crippen LogP contribution is -2.17. The van der Waals surface area contributed by atoms with E-state index in [1.165, 1.54) is 36.5 Å². The predicted octanol–water partition coefficient (Wildman–Crippen LogP) is 3.76. The largest absolute Gasteiger partial charge is 0.507 e. The Morgan fingerprint density at radius 2 is 1.87 bits per heavy atom. The van der Waals surface area contributed by atoms with E-state index in [4.69, 9.17) is 25.8 Å². The zero-order valence-corrected chi connectivity index (χ0v) is 16.6. The second-order valence-corrected chi connectivity index (χ2v) is 6.79. The molecule has 0 atom stereocenters. The number of phenolic OH excluding ortho intramolecular Hbond substituents is 1. The summed E-state index contributed by atoms with van der Waals surface area (Å²) in [5, 5.41) is 14.0. The van der Waals surface area contributed by atoms with Gasteiger partial charge in [0.25, 0.3) is 5.91 Å². The highest BCUT2D eigenvalue weighted by Gasteiger charge is 2.18. The van der Waals surface area contributed by atoms with Crippen LogP contribution in [0.3, 0.4) is 0 Å². The van der Waals surface area contributed by atoms with Crippen LogP contribution in [0.25, 0.3) is 0 Å². The van der Waals surface area contributed by atoms with Gasteiger partial charge in [-0.2, -0.15) is 5.10 Å². The molecule has 156 valence electrons. The predicted molar refractivity (Wildman–Crippen MR) is 112 cm³/mol. The molecule has 8 nitrogen and oxygen atoms in total. The van der Waals surface area contributed by atoms with E-state index < -0.39 is 11.9 Å². The second kappa shape index (κ2) is 8.76. The SMILES string of the molecule is O=C(Oc1ccc(Cl)cc1/C=N\NC(=O)c1ccccc1O)c1ccc2c(c1)OCO2. The Kier molecular flexibility index (Phi) is 5.72. The van der Waals surface area contributed by atoms with Crippen molar-refractivity contribution in [2.75, 3.05) is 6.79 Å². The number of hydrogen-bond donors (Lipinski definition) is 2. The van der Waals surface area contributed by atoms with Crippen molar-refractivity contribution in [3.63, 3.8) is 0 Å². The lowest BCUT2D eigenvalue weighted by molar-refractivity contribution is 0.0733. The van der Waals surface area contributed by atoms with Crippen LogP contribution in [0.2, 0.25) is 5.02 Å². The van der Waals surface area contributed by atoms with Crippen molar-refractivity contribution in [2.45, 2.75) is 0 Å². The molecule has 0 unspecified atom stereocenters. The van der Waals surface area contributed by atoms with E-state index >= 15 is 0 Å². The third kappa shape index (κ3) is 4.59. The van der Waals surface area contributed by atoms with Crippen LogP contribution in [0, 0.1) is 0 Å². The zero-order chi connectivity index (χ0) is 21.8. The van der Waals surface area contributed by atoms with E-state index in [0.717, 1.165) is 0 Å². The number of hydrazone groups is 1. The van der Waals surface area contributed by atoms with Gasteiger partial charge in [0.2, 0.25) is 6.79 Å². The van der Waals surface area contributed by atoms with E-state index in [2.05, 4.69) is 10.5 Å². The number of benzene rings is 3. The van der Waals surface area contributed by atoms with Gasteiger partial charge >= 0.3 is 5.97 Å². The van der Waals surface area contributed by atoms with Gasteiger partial charge in [-0.3, -0.25) is 4.79 Å². The molecule has 1 aliphatic rings. The van der Waals surface area contributed by atoms with Gasteiger partial charge in [0.15, 0.2) is 11.5 Å². The average Bonchev–Trinajstić information content (AvgIpc) is 3.23. The number of phenols is 1. The molecular weight excluding hydrogens is 424 g/mol. The molecule has 1 aliphatic heterocycles. The zero-order valence-electron chi connectivity index (χ0n) is 15.9. The molecule has 0 spiro atoms. The lowest BCUT2D eigenvalue weighted by atomic mass is 10.2. The summed E-state index contributed by atoms with van der Waals surface area (Å²) in [5.74, 6) is -0.192. The topological polar surface area (TPSA) is 106 Å². The molecule has 0 aromatic heterocycles. The monoisotopic (exact) mass is 438 g/mol.